The van der Waals surface area contributed by atoms with Crippen LogP contribution in [-0.4, -0.2) is 5.11 Å². The molecule has 0 amide bonds. The Hall–Kier alpha value is -0.630. The molecule has 2 heteroatoms. The van der Waals surface area contributed by atoms with E-state index in [4.69, 9.17) is 0 Å². The minimum Gasteiger partial charge on any atom is -0.507 e. The van der Waals surface area contributed by atoms with Crippen LogP contribution in [-0.2, 0) is 0 Å². The Balaban J connectivity index is 1.91. The fraction of sp³-hybridized carbons (Fsp3) is 0.667. The van der Waals surface area contributed by atoms with E-state index in [1.807, 2.05) is 0 Å². The third-order valence-corrected chi connectivity index (χ3v) is 5.50. The van der Waals surface area contributed by atoms with Gasteiger partial charge in [0, 0.05) is 4.90 Å². The normalized spacial score (nSPS) is 22.1. The van der Waals surface area contributed by atoms with Gasteiger partial charge in [-0.25, -0.2) is 0 Å². The number of benzene rings is 1. The van der Waals surface area contributed by atoms with E-state index in [0.717, 1.165) is 4.90 Å². The van der Waals surface area contributed by atoms with E-state index in [1.54, 1.807) is 0 Å². The highest BCUT2D eigenvalue weighted by Crippen LogP contribution is 2.44. The molecular formula is C18H26OS. The van der Waals surface area contributed by atoms with Gasteiger partial charge in [-0.15, -0.1) is 12.6 Å². The Morgan fingerprint density at radius 2 is 1.15 bits per heavy atom. The van der Waals surface area contributed by atoms with E-state index < -0.39 is 0 Å². The van der Waals surface area contributed by atoms with Crippen molar-refractivity contribution in [2.45, 2.75) is 80.9 Å². The van der Waals surface area contributed by atoms with Gasteiger partial charge < -0.3 is 5.11 Å². The first-order valence-electron chi connectivity index (χ1n) is 8.31. The van der Waals surface area contributed by atoms with E-state index in [2.05, 4.69) is 24.8 Å². The molecular weight excluding hydrogens is 264 g/mol. The van der Waals surface area contributed by atoms with Crippen molar-refractivity contribution in [1.82, 2.24) is 0 Å². The first-order chi connectivity index (χ1) is 9.75. The molecule has 0 saturated heterocycles. The van der Waals surface area contributed by atoms with Gasteiger partial charge >= 0.3 is 0 Å². The molecule has 1 aromatic carbocycles. The zero-order valence-corrected chi connectivity index (χ0v) is 13.2. The molecule has 3 rings (SSSR count). The zero-order chi connectivity index (χ0) is 13.9. The van der Waals surface area contributed by atoms with Crippen LogP contribution in [0.15, 0.2) is 17.0 Å². The molecule has 0 aliphatic heterocycles. The van der Waals surface area contributed by atoms with Crippen LogP contribution in [0.4, 0.5) is 0 Å². The SMILES string of the molecule is Oc1c(C2CCCCC2)cc(S)cc1C1CCCCC1. The summed E-state index contributed by atoms with van der Waals surface area (Å²) in [6.45, 7) is 0. The standard InChI is InChI=1S/C18H26OS/c19-18-16(13-7-3-1-4-8-13)11-15(20)12-17(18)14-9-5-2-6-10-14/h11-14,19-20H,1-10H2. The Kier molecular flexibility index (Phi) is 4.60. The minimum absolute atomic E-state index is 0.554. The van der Waals surface area contributed by atoms with Gasteiger partial charge in [0.05, 0.1) is 0 Å². The van der Waals surface area contributed by atoms with Crippen LogP contribution in [0.5, 0.6) is 5.75 Å². The molecule has 0 radical (unpaired) electrons. The molecule has 0 spiro atoms. The Labute approximate surface area is 128 Å². The quantitative estimate of drug-likeness (QED) is 0.662. The summed E-state index contributed by atoms with van der Waals surface area (Å²) in [7, 11) is 0. The third-order valence-electron chi connectivity index (χ3n) is 5.24. The highest BCUT2D eigenvalue weighted by molar-refractivity contribution is 7.80. The van der Waals surface area contributed by atoms with Crippen LogP contribution in [0.2, 0.25) is 0 Å². The first kappa shape index (κ1) is 14.3. The smallest absolute Gasteiger partial charge is 0.122 e. The monoisotopic (exact) mass is 290 g/mol. The van der Waals surface area contributed by atoms with Crippen molar-refractivity contribution in [2.75, 3.05) is 0 Å². The van der Waals surface area contributed by atoms with Gasteiger partial charge in [0.1, 0.15) is 5.75 Å². The number of phenols is 1. The van der Waals surface area contributed by atoms with Crippen molar-refractivity contribution in [3.63, 3.8) is 0 Å². The van der Waals surface area contributed by atoms with Gasteiger partial charge in [-0.1, -0.05) is 38.5 Å². The van der Waals surface area contributed by atoms with Crippen molar-refractivity contribution < 1.29 is 5.11 Å². The molecule has 110 valence electrons. The Morgan fingerprint density at radius 3 is 1.55 bits per heavy atom. The largest absolute Gasteiger partial charge is 0.507 e. The number of hydrogen-bond acceptors (Lipinski definition) is 2. The maximum atomic E-state index is 10.8. The number of phenolic OH excluding ortho intramolecular Hbond substituents is 1. The lowest BCUT2D eigenvalue weighted by Crippen LogP contribution is -2.09. The average Bonchev–Trinajstić information content (AvgIpc) is 2.51. The van der Waals surface area contributed by atoms with E-state index in [0.29, 0.717) is 17.6 Å². The van der Waals surface area contributed by atoms with E-state index >= 15 is 0 Å². The summed E-state index contributed by atoms with van der Waals surface area (Å²) in [6.07, 6.45) is 12.9. The Morgan fingerprint density at radius 1 is 0.750 bits per heavy atom. The first-order valence-corrected chi connectivity index (χ1v) is 8.76. The molecule has 0 heterocycles. The number of thiol groups is 1. The topological polar surface area (TPSA) is 20.2 Å². The summed E-state index contributed by atoms with van der Waals surface area (Å²) in [4.78, 5) is 1.03. The molecule has 2 aliphatic carbocycles. The molecule has 1 aromatic rings. The molecule has 0 bridgehead atoms. The van der Waals surface area contributed by atoms with Gasteiger partial charge in [-0.05, 0) is 60.8 Å². The average molecular weight is 290 g/mol. The maximum absolute atomic E-state index is 10.8. The second kappa shape index (κ2) is 6.43. The van der Waals surface area contributed by atoms with Crippen LogP contribution >= 0.6 is 12.6 Å². The van der Waals surface area contributed by atoms with E-state index in [1.165, 1.54) is 75.3 Å². The van der Waals surface area contributed by atoms with Crippen molar-refractivity contribution >= 4 is 12.6 Å². The predicted molar refractivity (Wildman–Crippen MR) is 87.0 cm³/mol. The summed E-state index contributed by atoms with van der Waals surface area (Å²) in [5.74, 6) is 1.71. The molecule has 0 aromatic heterocycles. The lowest BCUT2D eigenvalue weighted by Gasteiger charge is -2.27. The predicted octanol–water partition coefficient (Wildman–Crippen LogP) is 5.78. The molecule has 2 fully saturated rings. The fourth-order valence-electron chi connectivity index (χ4n) is 4.11. The lowest BCUT2D eigenvalue weighted by molar-refractivity contribution is 0.392. The molecule has 1 N–H and O–H groups in total. The lowest BCUT2D eigenvalue weighted by atomic mass is 9.79. The van der Waals surface area contributed by atoms with Crippen LogP contribution in [0.25, 0.3) is 0 Å². The number of aromatic hydroxyl groups is 1. The molecule has 2 saturated carbocycles. The highest BCUT2D eigenvalue weighted by atomic mass is 32.1. The van der Waals surface area contributed by atoms with Gasteiger partial charge in [0.15, 0.2) is 0 Å². The molecule has 0 atom stereocenters. The van der Waals surface area contributed by atoms with Gasteiger partial charge in [0.25, 0.3) is 0 Å². The van der Waals surface area contributed by atoms with E-state index in [9.17, 15) is 5.11 Å². The third kappa shape index (κ3) is 3.00. The molecule has 20 heavy (non-hydrogen) atoms. The zero-order valence-electron chi connectivity index (χ0n) is 12.3. The van der Waals surface area contributed by atoms with E-state index in [-0.39, 0.29) is 0 Å². The van der Waals surface area contributed by atoms with Gasteiger partial charge in [-0.3, -0.25) is 0 Å². The Bertz CT molecular complexity index is 417. The van der Waals surface area contributed by atoms with Crippen LogP contribution < -0.4 is 0 Å². The highest BCUT2D eigenvalue weighted by Gasteiger charge is 2.25. The van der Waals surface area contributed by atoms with Crippen molar-refractivity contribution in [1.29, 1.82) is 0 Å². The minimum atomic E-state index is 0.554. The van der Waals surface area contributed by atoms with Crippen LogP contribution in [0.1, 0.15) is 87.2 Å². The summed E-state index contributed by atoms with van der Waals surface area (Å²) < 4.78 is 0. The van der Waals surface area contributed by atoms with Gasteiger partial charge in [-0.2, -0.15) is 0 Å². The molecule has 1 nitrogen and oxygen atoms in total. The summed E-state index contributed by atoms with van der Waals surface area (Å²) in [5, 5.41) is 10.8. The van der Waals surface area contributed by atoms with Crippen molar-refractivity contribution in [2.24, 2.45) is 0 Å². The van der Waals surface area contributed by atoms with Gasteiger partial charge in [0.2, 0.25) is 0 Å². The van der Waals surface area contributed by atoms with Crippen LogP contribution in [0, 0.1) is 0 Å². The second-order valence-electron chi connectivity index (χ2n) is 6.64. The van der Waals surface area contributed by atoms with Crippen molar-refractivity contribution in [3.05, 3.63) is 23.3 Å². The number of rotatable bonds is 2. The van der Waals surface area contributed by atoms with Crippen molar-refractivity contribution in [3.8, 4) is 5.75 Å². The fourth-order valence-corrected chi connectivity index (χ4v) is 4.39. The summed E-state index contributed by atoms with van der Waals surface area (Å²) in [6, 6.07) is 4.22. The molecule has 0 unspecified atom stereocenters. The summed E-state index contributed by atoms with van der Waals surface area (Å²) >= 11 is 4.60. The summed E-state index contributed by atoms with van der Waals surface area (Å²) in [5.41, 5.74) is 2.36. The van der Waals surface area contributed by atoms with Crippen LogP contribution in [0.3, 0.4) is 0 Å². The maximum Gasteiger partial charge on any atom is 0.122 e. The second-order valence-corrected chi connectivity index (χ2v) is 7.16. The molecule has 2 aliphatic rings. The number of hydrogen-bond donors (Lipinski definition) is 2.